The number of aliphatic hydroxyl groups excluding tert-OH is 1. The third kappa shape index (κ3) is 5.40. The number of ether oxygens (including phenoxy) is 2. The molecule has 0 spiro atoms. The normalized spacial score (nSPS) is 11.8. The van der Waals surface area contributed by atoms with Gasteiger partial charge in [0.1, 0.15) is 12.4 Å². The second-order valence-electron chi connectivity index (χ2n) is 6.69. The summed E-state index contributed by atoms with van der Waals surface area (Å²) in [5, 5.41) is 18.2. The minimum Gasteiger partial charge on any atom is -0.487 e. The zero-order valence-corrected chi connectivity index (χ0v) is 16.7. The first-order chi connectivity index (χ1) is 14.6. The molecule has 7 heteroatoms. The number of carboxylic acids is 1. The van der Waals surface area contributed by atoms with Crippen LogP contribution < -0.4 is 4.74 Å². The molecule has 0 saturated heterocycles. The Morgan fingerprint density at radius 3 is 2.63 bits per heavy atom. The fourth-order valence-corrected chi connectivity index (χ4v) is 2.97. The van der Waals surface area contributed by atoms with E-state index in [9.17, 15) is 9.90 Å². The predicted octanol–water partition coefficient (Wildman–Crippen LogP) is 3.42. The molecule has 2 aromatic carbocycles. The maximum atomic E-state index is 11.4. The first kappa shape index (κ1) is 21.4. The minimum absolute atomic E-state index is 0.0343. The van der Waals surface area contributed by atoms with Crippen LogP contribution in [0.5, 0.6) is 5.75 Å². The van der Waals surface area contributed by atoms with Crippen molar-refractivity contribution in [3.63, 3.8) is 0 Å². The molecule has 156 valence electrons. The summed E-state index contributed by atoms with van der Waals surface area (Å²) in [6, 6.07) is 16.5. The molecule has 0 aliphatic heterocycles. The summed E-state index contributed by atoms with van der Waals surface area (Å²) in [5.41, 5.74) is 3.05. The van der Waals surface area contributed by atoms with Crippen LogP contribution in [0.1, 0.15) is 29.7 Å². The Balaban J connectivity index is 1.78. The van der Waals surface area contributed by atoms with Crippen LogP contribution in [0.4, 0.5) is 0 Å². The van der Waals surface area contributed by atoms with Gasteiger partial charge in [0.25, 0.3) is 0 Å². The molecule has 0 radical (unpaired) electrons. The molecule has 1 heterocycles. The lowest BCUT2D eigenvalue weighted by molar-refractivity contribution is -0.138. The average Bonchev–Trinajstić information content (AvgIpc) is 2.78. The van der Waals surface area contributed by atoms with Crippen LogP contribution >= 0.6 is 0 Å². The highest BCUT2D eigenvalue weighted by Gasteiger charge is 2.18. The van der Waals surface area contributed by atoms with Crippen molar-refractivity contribution < 1.29 is 24.5 Å². The topological polar surface area (TPSA) is 102 Å². The van der Waals surface area contributed by atoms with Crippen LogP contribution in [0.2, 0.25) is 0 Å². The largest absolute Gasteiger partial charge is 0.487 e. The number of rotatable bonds is 10. The van der Waals surface area contributed by atoms with E-state index in [1.807, 2.05) is 24.3 Å². The van der Waals surface area contributed by atoms with Crippen molar-refractivity contribution in [2.45, 2.75) is 26.1 Å². The van der Waals surface area contributed by atoms with Crippen molar-refractivity contribution in [2.24, 2.45) is 0 Å². The smallest absolute Gasteiger partial charge is 0.310 e. The SMILES string of the molecule is CC(C(=O)O)c1ccccc1OCc1ccnc(-c2ccccc2COCCO)n1. The number of aliphatic carboxylic acids is 1. The predicted molar refractivity (Wildman–Crippen MR) is 111 cm³/mol. The van der Waals surface area contributed by atoms with Crippen molar-refractivity contribution >= 4 is 5.97 Å². The van der Waals surface area contributed by atoms with Gasteiger partial charge in [-0.05, 0) is 24.6 Å². The molecule has 0 bridgehead atoms. The van der Waals surface area contributed by atoms with E-state index < -0.39 is 11.9 Å². The van der Waals surface area contributed by atoms with Gasteiger partial charge in [-0.1, -0.05) is 42.5 Å². The second-order valence-corrected chi connectivity index (χ2v) is 6.69. The Labute approximate surface area is 175 Å². The standard InChI is InChI=1S/C23H24N2O5/c1-16(23(27)28)19-7-4-5-9-21(19)30-15-18-10-11-24-22(25-18)20-8-3-2-6-17(20)14-29-13-12-26/h2-11,16,26H,12-15H2,1H3,(H,27,28). The van der Waals surface area contributed by atoms with Crippen LogP contribution in [0.15, 0.2) is 60.8 Å². The van der Waals surface area contributed by atoms with Crippen LogP contribution in [-0.2, 0) is 22.7 Å². The third-order valence-corrected chi connectivity index (χ3v) is 4.60. The molecular weight excluding hydrogens is 384 g/mol. The lowest BCUT2D eigenvalue weighted by Crippen LogP contribution is -2.10. The number of aliphatic hydroxyl groups is 1. The molecule has 1 aromatic heterocycles. The third-order valence-electron chi connectivity index (χ3n) is 4.60. The van der Waals surface area contributed by atoms with Crippen molar-refractivity contribution in [1.82, 2.24) is 9.97 Å². The van der Waals surface area contributed by atoms with Gasteiger partial charge in [-0.3, -0.25) is 4.79 Å². The first-order valence-corrected chi connectivity index (χ1v) is 9.63. The van der Waals surface area contributed by atoms with Crippen molar-refractivity contribution in [1.29, 1.82) is 0 Å². The Kier molecular flexibility index (Phi) is 7.48. The Morgan fingerprint density at radius 2 is 1.83 bits per heavy atom. The summed E-state index contributed by atoms with van der Waals surface area (Å²) in [5.74, 6) is -0.514. The molecule has 0 fully saturated rings. The molecule has 30 heavy (non-hydrogen) atoms. The maximum absolute atomic E-state index is 11.4. The van der Waals surface area contributed by atoms with E-state index in [1.165, 1.54) is 0 Å². The number of nitrogens with zero attached hydrogens (tertiary/aromatic N) is 2. The molecule has 0 amide bonds. The quantitative estimate of drug-likeness (QED) is 0.496. The van der Waals surface area contributed by atoms with Crippen molar-refractivity contribution in [3.8, 4) is 17.1 Å². The van der Waals surface area contributed by atoms with E-state index in [4.69, 9.17) is 14.6 Å². The number of para-hydroxylation sites is 1. The van der Waals surface area contributed by atoms with E-state index in [0.29, 0.717) is 29.4 Å². The van der Waals surface area contributed by atoms with Gasteiger partial charge in [-0.25, -0.2) is 9.97 Å². The number of aromatic nitrogens is 2. The fourth-order valence-electron chi connectivity index (χ4n) is 2.97. The zero-order valence-electron chi connectivity index (χ0n) is 16.7. The van der Waals surface area contributed by atoms with E-state index in [0.717, 1.165) is 11.1 Å². The highest BCUT2D eigenvalue weighted by atomic mass is 16.5. The molecule has 1 unspecified atom stereocenters. The van der Waals surface area contributed by atoms with Crippen LogP contribution in [0.25, 0.3) is 11.4 Å². The summed E-state index contributed by atoms with van der Waals surface area (Å²) < 4.78 is 11.3. The van der Waals surface area contributed by atoms with E-state index in [2.05, 4.69) is 9.97 Å². The zero-order chi connectivity index (χ0) is 21.3. The van der Waals surface area contributed by atoms with Gasteiger partial charge in [-0.2, -0.15) is 0 Å². The minimum atomic E-state index is -0.907. The van der Waals surface area contributed by atoms with Crippen LogP contribution in [0.3, 0.4) is 0 Å². The number of benzene rings is 2. The summed E-state index contributed by atoms with van der Waals surface area (Å²) in [6.45, 7) is 2.39. The van der Waals surface area contributed by atoms with Gasteiger partial charge in [-0.15, -0.1) is 0 Å². The fraction of sp³-hybridized carbons (Fsp3) is 0.261. The molecule has 1 atom stereocenters. The number of hydrogen-bond acceptors (Lipinski definition) is 6. The second kappa shape index (κ2) is 10.5. The van der Waals surface area contributed by atoms with Gasteiger partial charge in [0.05, 0.1) is 31.4 Å². The van der Waals surface area contributed by atoms with E-state index >= 15 is 0 Å². The highest BCUT2D eigenvalue weighted by molar-refractivity contribution is 5.76. The molecule has 7 nitrogen and oxygen atoms in total. The Bertz CT molecular complexity index is 993. The number of carboxylic acid groups (broad SMARTS) is 1. The van der Waals surface area contributed by atoms with Crippen molar-refractivity contribution in [3.05, 3.63) is 77.6 Å². The molecular formula is C23H24N2O5. The first-order valence-electron chi connectivity index (χ1n) is 9.63. The molecule has 2 N–H and O–H groups in total. The summed E-state index contributed by atoms with van der Waals surface area (Å²) in [7, 11) is 0. The Hall–Kier alpha value is -3.29. The van der Waals surface area contributed by atoms with E-state index in [-0.39, 0.29) is 19.8 Å². The lowest BCUT2D eigenvalue weighted by atomic mass is 10.0. The van der Waals surface area contributed by atoms with Crippen molar-refractivity contribution in [2.75, 3.05) is 13.2 Å². The lowest BCUT2D eigenvalue weighted by Gasteiger charge is -2.14. The number of hydrogen-bond donors (Lipinski definition) is 2. The molecule has 3 rings (SSSR count). The summed E-state index contributed by atoms with van der Waals surface area (Å²) in [4.78, 5) is 20.3. The van der Waals surface area contributed by atoms with Gasteiger partial charge >= 0.3 is 5.97 Å². The summed E-state index contributed by atoms with van der Waals surface area (Å²) in [6.07, 6.45) is 1.66. The van der Waals surface area contributed by atoms with Crippen LogP contribution in [0, 0.1) is 0 Å². The number of carbonyl (C=O) groups is 1. The molecule has 0 aliphatic carbocycles. The monoisotopic (exact) mass is 408 g/mol. The van der Waals surface area contributed by atoms with Gasteiger partial charge < -0.3 is 19.7 Å². The molecule has 0 aliphatic rings. The van der Waals surface area contributed by atoms with Gasteiger partial charge in [0.15, 0.2) is 5.82 Å². The maximum Gasteiger partial charge on any atom is 0.310 e. The average molecular weight is 408 g/mol. The van der Waals surface area contributed by atoms with Gasteiger partial charge in [0, 0.05) is 17.3 Å². The van der Waals surface area contributed by atoms with Crippen LogP contribution in [-0.4, -0.2) is 39.4 Å². The van der Waals surface area contributed by atoms with E-state index in [1.54, 1.807) is 43.5 Å². The molecule has 0 saturated carbocycles. The van der Waals surface area contributed by atoms with Gasteiger partial charge in [0.2, 0.25) is 0 Å². The molecule has 3 aromatic rings. The summed E-state index contributed by atoms with van der Waals surface area (Å²) >= 11 is 0. The highest BCUT2D eigenvalue weighted by Crippen LogP contribution is 2.27. The Morgan fingerprint density at radius 1 is 1.07 bits per heavy atom.